The molecule has 0 radical (unpaired) electrons. The summed E-state index contributed by atoms with van der Waals surface area (Å²) in [5.74, 6) is 0.557. The van der Waals surface area contributed by atoms with Gasteiger partial charge in [-0.25, -0.2) is 14.4 Å². The van der Waals surface area contributed by atoms with Gasteiger partial charge in [0.1, 0.15) is 5.69 Å². The number of aromatic nitrogens is 4. The van der Waals surface area contributed by atoms with E-state index in [0.29, 0.717) is 17.5 Å². The number of anilines is 3. The van der Waals surface area contributed by atoms with E-state index in [1.54, 1.807) is 6.20 Å². The lowest BCUT2D eigenvalue weighted by molar-refractivity contribution is -0.00778. The van der Waals surface area contributed by atoms with Crippen LogP contribution in [0.1, 0.15) is 65.8 Å². The summed E-state index contributed by atoms with van der Waals surface area (Å²) in [5.41, 5.74) is 3.58. The first-order chi connectivity index (χ1) is 17.3. The number of piperidine rings is 1. The minimum atomic E-state index is -0.474. The molecule has 3 aromatic heterocycles. The monoisotopic (exact) mass is 509 g/mol. The van der Waals surface area contributed by atoms with Crippen LogP contribution in [0.2, 0.25) is 0 Å². The van der Waals surface area contributed by atoms with Gasteiger partial charge in [-0.3, -0.25) is 4.90 Å². The number of likely N-dealkylation sites (tertiary alicyclic amines) is 1. The molecule has 200 valence electrons. The molecule has 0 aliphatic carbocycles. The molecule has 0 amide bonds. The quantitative estimate of drug-likeness (QED) is 0.404. The van der Waals surface area contributed by atoms with Crippen LogP contribution in [-0.4, -0.2) is 54.7 Å². The lowest BCUT2D eigenvalue weighted by Crippen LogP contribution is -2.61. The van der Waals surface area contributed by atoms with Crippen molar-refractivity contribution in [3.8, 4) is 11.6 Å². The van der Waals surface area contributed by atoms with Gasteiger partial charge in [0, 0.05) is 28.5 Å². The van der Waals surface area contributed by atoms with E-state index in [9.17, 15) is 4.39 Å². The molecular weight excluding hydrogens is 469 g/mol. The second-order valence-corrected chi connectivity index (χ2v) is 11.6. The fraction of sp³-hybridized carbons (Fsp3) is 0.536. The molecule has 37 heavy (non-hydrogen) atoms. The molecule has 4 heterocycles. The number of aryl methyl sites for hydroxylation is 2. The van der Waals surface area contributed by atoms with Gasteiger partial charge in [-0.2, -0.15) is 4.98 Å². The molecule has 1 aliphatic rings. The highest BCUT2D eigenvalue weighted by atomic mass is 19.1. The number of hydrogen-bond donors (Lipinski definition) is 2. The van der Waals surface area contributed by atoms with E-state index >= 15 is 0 Å². The summed E-state index contributed by atoms with van der Waals surface area (Å²) in [4.78, 5) is 15.6. The normalized spacial score (nSPS) is 17.7. The summed E-state index contributed by atoms with van der Waals surface area (Å²) < 4.78 is 22.9. The summed E-state index contributed by atoms with van der Waals surface area (Å²) in [7, 11) is 2.15. The SMILES string of the molecule is Cc1ccc(C)n1-c1cc(Nc2ncc(F)c(NC3CC(C)(C)N(C)C(C)(C)C3)n2)cnc1OC(C)C. The number of pyridine rings is 1. The maximum atomic E-state index is 14.8. The third kappa shape index (κ3) is 5.71. The van der Waals surface area contributed by atoms with E-state index < -0.39 is 5.82 Å². The lowest BCUT2D eigenvalue weighted by Gasteiger charge is -2.53. The molecule has 3 aromatic rings. The Morgan fingerprint density at radius 1 is 1.03 bits per heavy atom. The zero-order chi connectivity index (χ0) is 27.1. The fourth-order valence-electron chi connectivity index (χ4n) is 5.36. The molecule has 0 bridgehead atoms. The Hall–Kier alpha value is -3.20. The second-order valence-electron chi connectivity index (χ2n) is 11.6. The average Bonchev–Trinajstić information content (AvgIpc) is 3.12. The Kier molecular flexibility index (Phi) is 7.21. The van der Waals surface area contributed by atoms with E-state index in [-0.39, 0.29) is 29.0 Å². The maximum Gasteiger partial charge on any atom is 0.238 e. The number of nitrogens with one attached hydrogen (secondary N) is 2. The first-order valence-electron chi connectivity index (χ1n) is 12.9. The first-order valence-corrected chi connectivity index (χ1v) is 12.9. The van der Waals surface area contributed by atoms with Crippen molar-refractivity contribution in [3.63, 3.8) is 0 Å². The van der Waals surface area contributed by atoms with Gasteiger partial charge in [-0.05, 0) is 93.5 Å². The van der Waals surface area contributed by atoms with E-state index in [1.807, 2.05) is 33.8 Å². The van der Waals surface area contributed by atoms with Crippen molar-refractivity contribution in [1.82, 2.24) is 24.4 Å². The largest absolute Gasteiger partial charge is 0.473 e. The van der Waals surface area contributed by atoms with Crippen molar-refractivity contribution in [2.45, 2.75) is 91.5 Å². The van der Waals surface area contributed by atoms with Crippen LogP contribution in [0.4, 0.5) is 21.8 Å². The van der Waals surface area contributed by atoms with Gasteiger partial charge >= 0.3 is 0 Å². The average molecular weight is 510 g/mol. The molecule has 1 saturated heterocycles. The highest BCUT2D eigenvalue weighted by Gasteiger charge is 2.43. The zero-order valence-corrected chi connectivity index (χ0v) is 23.5. The predicted octanol–water partition coefficient (Wildman–Crippen LogP) is 6.01. The van der Waals surface area contributed by atoms with Crippen LogP contribution in [0, 0.1) is 19.7 Å². The van der Waals surface area contributed by atoms with Gasteiger partial charge in [0.2, 0.25) is 11.8 Å². The van der Waals surface area contributed by atoms with E-state index in [4.69, 9.17) is 4.74 Å². The van der Waals surface area contributed by atoms with Crippen LogP contribution in [0.15, 0.2) is 30.6 Å². The van der Waals surface area contributed by atoms with Crippen LogP contribution >= 0.6 is 0 Å². The number of rotatable bonds is 7. The van der Waals surface area contributed by atoms with Crippen LogP contribution < -0.4 is 15.4 Å². The van der Waals surface area contributed by atoms with Gasteiger partial charge in [0.25, 0.3) is 0 Å². The van der Waals surface area contributed by atoms with Crippen LogP contribution in [0.3, 0.4) is 0 Å². The van der Waals surface area contributed by atoms with Gasteiger partial charge in [0.15, 0.2) is 11.6 Å². The molecular formula is C28H40FN7O. The molecule has 0 saturated carbocycles. The van der Waals surface area contributed by atoms with Crippen molar-refractivity contribution in [1.29, 1.82) is 0 Å². The topological polar surface area (TPSA) is 80.1 Å². The number of halogens is 1. The summed E-state index contributed by atoms with van der Waals surface area (Å²) in [6, 6.07) is 6.15. The third-order valence-electron chi connectivity index (χ3n) is 7.34. The van der Waals surface area contributed by atoms with Crippen molar-refractivity contribution < 1.29 is 9.13 Å². The Labute approximate surface area is 219 Å². The number of hydrogen-bond acceptors (Lipinski definition) is 7. The lowest BCUT2D eigenvalue weighted by atomic mass is 9.77. The molecule has 9 heteroatoms. The first kappa shape index (κ1) is 26.9. The fourth-order valence-corrected chi connectivity index (χ4v) is 5.36. The third-order valence-corrected chi connectivity index (χ3v) is 7.34. The molecule has 0 spiro atoms. The Balaban J connectivity index is 1.61. The molecule has 0 aromatic carbocycles. The van der Waals surface area contributed by atoms with Crippen molar-refractivity contribution in [2.24, 2.45) is 0 Å². The van der Waals surface area contributed by atoms with Gasteiger partial charge in [0.05, 0.1) is 24.2 Å². The second kappa shape index (κ2) is 9.93. The zero-order valence-electron chi connectivity index (χ0n) is 23.5. The molecule has 0 atom stereocenters. The molecule has 0 unspecified atom stereocenters. The van der Waals surface area contributed by atoms with E-state index in [2.05, 4.69) is 81.9 Å². The van der Waals surface area contributed by atoms with Crippen LogP contribution in [-0.2, 0) is 0 Å². The highest BCUT2D eigenvalue weighted by Crippen LogP contribution is 2.38. The summed E-state index contributed by atoms with van der Waals surface area (Å²) >= 11 is 0. The van der Waals surface area contributed by atoms with E-state index in [1.165, 1.54) is 6.20 Å². The molecule has 2 N–H and O–H groups in total. The van der Waals surface area contributed by atoms with Crippen LogP contribution in [0.25, 0.3) is 5.69 Å². The van der Waals surface area contributed by atoms with E-state index in [0.717, 1.165) is 29.9 Å². The summed E-state index contributed by atoms with van der Waals surface area (Å²) in [6.45, 7) is 16.9. The molecule has 1 fully saturated rings. The Morgan fingerprint density at radius 3 is 2.24 bits per heavy atom. The minimum absolute atomic E-state index is 0.0233. The van der Waals surface area contributed by atoms with Crippen molar-refractivity contribution in [3.05, 3.63) is 47.8 Å². The Morgan fingerprint density at radius 2 is 1.65 bits per heavy atom. The smallest absolute Gasteiger partial charge is 0.238 e. The van der Waals surface area contributed by atoms with Crippen molar-refractivity contribution in [2.75, 3.05) is 17.7 Å². The molecule has 1 aliphatic heterocycles. The van der Waals surface area contributed by atoms with Gasteiger partial charge in [-0.1, -0.05) is 0 Å². The van der Waals surface area contributed by atoms with Gasteiger partial charge in [-0.15, -0.1) is 0 Å². The summed E-state index contributed by atoms with van der Waals surface area (Å²) in [6.07, 6.45) is 4.61. The van der Waals surface area contributed by atoms with Gasteiger partial charge < -0.3 is 19.9 Å². The number of ether oxygens (including phenoxy) is 1. The minimum Gasteiger partial charge on any atom is -0.473 e. The molecule has 4 rings (SSSR count). The van der Waals surface area contributed by atoms with Crippen molar-refractivity contribution >= 4 is 17.5 Å². The van der Waals surface area contributed by atoms with Crippen LogP contribution in [0.5, 0.6) is 5.88 Å². The molecule has 8 nitrogen and oxygen atoms in total. The maximum absolute atomic E-state index is 14.8. The summed E-state index contributed by atoms with van der Waals surface area (Å²) in [5, 5.41) is 6.56. The number of nitrogens with zero attached hydrogens (tertiary/aromatic N) is 5. The predicted molar refractivity (Wildman–Crippen MR) is 147 cm³/mol. The highest BCUT2D eigenvalue weighted by molar-refractivity contribution is 5.61. The standard InChI is InChI=1S/C28H40FN7O/c1-17(2)37-25-23(36-18(3)10-11-19(36)4)12-20(15-30-25)33-26-31-16-22(29)24(34-26)32-21-13-27(5,6)35(9)28(7,8)14-21/h10-12,15-17,21H,13-14H2,1-9H3,(H2,31,32,33,34). The Bertz CT molecular complexity index is 1230.